The number of nitrogens with one attached hydrogen (secondary N) is 1. The number of rotatable bonds is 12. The number of hydrogen-bond donors (Lipinski definition) is 3. The van der Waals surface area contributed by atoms with E-state index in [4.69, 9.17) is 0 Å². The van der Waals surface area contributed by atoms with Crippen LogP contribution in [0.2, 0.25) is 0 Å². The number of hydrogen-bond acceptors (Lipinski definition) is 6. The molecule has 3 aromatic rings. The number of sulfonamides is 1. The van der Waals surface area contributed by atoms with Gasteiger partial charge in [0.2, 0.25) is 0 Å². The van der Waals surface area contributed by atoms with Gasteiger partial charge >= 0.3 is 0 Å². The number of halogens is 2. The van der Waals surface area contributed by atoms with Gasteiger partial charge in [-0.15, -0.1) is 0 Å². The van der Waals surface area contributed by atoms with Crippen molar-refractivity contribution in [1.29, 1.82) is 0 Å². The molecule has 0 aliphatic heterocycles. The maximum absolute atomic E-state index is 14.3. The molecule has 0 aliphatic rings. The quantitative estimate of drug-likeness (QED) is 0.317. The molecular formula is C26H32F2N4O5S. The largest absolute Gasteiger partial charge is 0.395 e. The fourth-order valence-corrected chi connectivity index (χ4v) is 5.81. The second-order valence-electron chi connectivity index (χ2n) is 9.41. The van der Waals surface area contributed by atoms with Gasteiger partial charge in [-0.2, -0.15) is 4.31 Å². The number of aromatic nitrogens is 2. The van der Waals surface area contributed by atoms with Crippen molar-refractivity contribution in [2.24, 2.45) is 13.0 Å². The highest BCUT2D eigenvalue weighted by molar-refractivity contribution is 7.89. The monoisotopic (exact) mass is 550 g/mol. The molecule has 0 aliphatic carbocycles. The van der Waals surface area contributed by atoms with Crippen LogP contribution in [0.15, 0.2) is 66.1 Å². The lowest BCUT2D eigenvalue weighted by molar-refractivity contribution is 0.0635. The molecule has 1 unspecified atom stereocenters. The molecule has 9 nitrogen and oxygen atoms in total. The van der Waals surface area contributed by atoms with E-state index < -0.39 is 64.5 Å². The summed E-state index contributed by atoms with van der Waals surface area (Å²) < 4.78 is 57.2. The van der Waals surface area contributed by atoms with E-state index in [2.05, 4.69) is 10.3 Å². The van der Waals surface area contributed by atoms with E-state index in [0.29, 0.717) is 6.07 Å². The first-order chi connectivity index (χ1) is 17.9. The molecule has 12 heteroatoms. The molecule has 1 heterocycles. The Balaban J connectivity index is 1.96. The van der Waals surface area contributed by atoms with Gasteiger partial charge in [0.15, 0.2) is 5.03 Å². The Labute approximate surface area is 220 Å². The molecule has 0 saturated carbocycles. The van der Waals surface area contributed by atoms with Crippen LogP contribution < -0.4 is 5.32 Å². The van der Waals surface area contributed by atoms with Gasteiger partial charge in [-0.05, 0) is 30.0 Å². The number of nitrogens with zero attached hydrogens (tertiary/aromatic N) is 3. The molecule has 1 amide bonds. The number of amides is 1. The highest BCUT2D eigenvalue weighted by Crippen LogP contribution is 2.23. The summed E-state index contributed by atoms with van der Waals surface area (Å²) in [6.45, 7) is 2.45. The molecule has 0 bridgehead atoms. The number of aliphatic hydroxyl groups excluding tert-OH is 2. The van der Waals surface area contributed by atoms with Gasteiger partial charge in [-0.1, -0.05) is 44.2 Å². The first-order valence-electron chi connectivity index (χ1n) is 12.0. The lowest BCUT2D eigenvalue weighted by atomic mass is 9.99. The summed E-state index contributed by atoms with van der Waals surface area (Å²) in [5.74, 6) is -3.15. The summed E-state index contributed by atoms with van der Waals surface area (Å²) in [6.07, 6.45) is 1.23. The minimum atomic E-state index is -4.26. The average Bonchev–Trinajstić information content (AvgIpc) is 3.31. The van der Waals surface area contributed by atoms with E-state index in [1.807, 2.05) is 0 Å². The van der Waals surface area contributed by atoms with Gasteiger partial charge in [0.1, 0.15) is 11.6 Å². The third-order valence-electron chi connectivity index (χ3n) is 6.20. The summed E-state index contributed by atoms with van der Waals surface area (Å²) in [7, 11) is -2.65. The zero-order valence-corrected chi connectivity index (χ0v) is 22.1. The SMILES string of the molecule is CC(C)C(CO)N(C[C@@H](O)[C@H](Cc1ccccc1)NC(=O)c1ccc(F)cc1F)S(=O)(=O)c1cn(C)cn1. The number of aryl methyl sites for hydroxylation is 1. The van der Waals surface area contributed by atoms with Gasteiger partial charge in [0.05, 0.1) is 36.7 Å². The summed E-state index contributed by atoms with van der Waals surface area (Å²) in [5, 5.41) is 23.7. The minimum Gasteiger partial charge on any atom is -0.395 e. The molecule has 38 heavy (non-hydrogen) atoms. The number of aliphatic hydroxyl groups is 2. The maximum atomic E-state index is 14.3. The lowest BCUT2D eigenvalue weighted by Gasteiger charge is -2.35. The predicted octanol–water partition coefficient (Wildman–Crippen LogP) is 2.11. The van der Waals surface area contributed by atoms with Crippen molar-refractivity contribution in [3.05, 3.63) is 83.8 Å². The fraction of sp³-hybridized carbons (Fsp3) is 0.385. The number of benzene rings is 2. The van der Waals surface area contributed by atoms with Crippen molar-refractivity contribution in [3.63, 3.8) is 0 Å². The Kier molecular flexibility index (Phi) is 9.71. The van der Waals surface area contributed by atoms with Crippen molar-refractivity contribution < 1.29 is 32.2 Å². The normalized spacial score (nSPS) is 14.4. The van der Waals surface area contributed by atoms with Gasteiger partial charge < -0.3 is 20.1 Å². The first-order valence-corrected chi connectivity index (χ1v) is 13.5. The molecule has 0 saturated heterocycles. The van der Waals surface area contributed by atoms with Gasteiger partial charge in [-0.25, -0.2) is 22.2 Å². The van der Waals surface area contributed by atoms with E-state index in [-0.39, 0.29) is 17.4 Å². The van der Waals surface area contributed by atoms with Crippen molar-refractivity contribution >= 4 is 15.9 Å². The molecule has 3 atom stereocenters. The van der Waals surface area contributed by atoms with Crippen LogP contribution in [0.4, 0.5) is 8.78 Å². The predicted molar refractivity (Wildman–Crippen MR) is 137 cm³/mol. The standard InChI is InChI=1S/C26H32F2N4O5S/c1-17(2)23(15-33)32(38(36,37)25-14-31(3)16-29-25)13-24(34)22(11-18-7-5-4-6-8-18)30-26(35)20-10-9-19(27)12-21(20)28/h4-10,12,14,16-17,22-24,33-34H,11,13,15H2,1-3H3,(H,30,35)/t22-,23?,24+/m0/s1. The molecule has 3 N–H and O–H groups in total. The molecule has 0 radical (unpaired) electrons. The van der Waals surface area contributed by atoms with Crippen molar-refractivity contribution in [3.8, 4) is 0 Å². The second kappa shape index (κ2) is 12.6. The molecule has 0 spiro atoms. The average molecular weight is 551 g/mol. The van der Waals surface area contributed by atoms with Gasteiger partial charge in [-0.3, -0.25) is 4.79 Å². The number of imidazole rings is 1. The summed E-state index contributed by atoms with van der Waals surface area (Å²) in [5.41, 5.74) is 0.295. The van der Waals surface area contributed by atoms with E-state index >= 15 is 0 Å². The first kappa shape index (κ1) is 29.4. The minimum absolute atomic E-state index is 0.0828. The van der Waals surface area contributed by atoms with Crippen LogP contribution in [-0.2, 0) is 23.5 Å². The summed E-state index contributed by atoms with van der Waals surface area (Å²) in [4.78, 5) is 16.9. The molecule has 3 rings (SSSR count). The maximum Gasteiger partial charge on any atom is 0.262 e. The Bertz CT molecular complexity index is 1330. The second-order valence-corrected chi connectivity index (χ2v) is 11.2. The number of carbonyl (C=O) groups excluding carboxylic acids is 1. The van der Waals surface area contributed by atoms with Crippen LogP contribution >= 0.6 is 0 Å². The Morgan fingerprint density at radius 2 is 1.84 bits per heavy atom. The molecule has 2 aromatic carbocycles. The van der Waals surface area contributed by atoms with Crippen LogP contribution in [-0.4, -0.2) is 69.7 Å². The number of carbonyl (C=O) groups is 1. The molecular weight excluding hydrogens is 518 g/mol. The third kappa shape index (κ3) is 7.01. The van der Waals surface area contributed by atoms with Gasteiger partial charge in [0, 0.05) is 25.9 Å². The molecule has 1 aromatic heterocycles. The smallest absolute Gasteiger partial charge is 0.262 e. The Morgan fingerprint density at radius 3 is 2.39 bits per heavy atom. The van der Waals surface area contributed by atoms with E-state index in [0.717, 1.165) is 22.0 Å². The zero-order valence-electron chi connectivity index (χ0n) is 21.3. The van der Waals surface area contributed by atoms with E-state index in [9.17, 15) is 32.2 Å². The van der Waals surface area contributed by atoms with Crippen molar-refractivity contribution in [2.45, 2.75) is 43.5 Å². The highest BCUT2D eigenvalue weighted by atomic mass is 32.2. The van der Waals surface area contributed by atoms with E-state index in [1.165, 1.54) is 17.1 Å². The Hall–Kier alpha value is -3.19. The van der Waals surface area contributed by atoms with Crippen LogP contribution in [0, 0.1) is 17.6 Å². The van der Waals surface area contributed by atoms with Crippen molar-refractivity contribution in [1.82, 2.24) is 19.2 Å². The van der Waals surface area contributed by atoms with Crippen molar-refractivity contribution in [2.75, 3.05) is 13.2 Å². The van der Waals surface area contributed by atoms with Crippen LogP contribution in [0.25, 0.3) is 0 Å². The Morgan fingerprint density at radius 1 is 1.16 bits per heavy atom. The van der Waals surface area contributed by atoms with Crippen LogP contribution in [0.5, 0.6) is 0 Å². The summed E-state index contributed by atoms with van der Waals surface area (Å²) in [6, 6.07) is 9.37. The zero-order chi connectivity index (χ0) is 28.0. The highest BCUT2D eigenvalue weighted by Gasteiger charge is 2.38. The summed E-state index contributed by atoms with van der Waals surface area (Å²) >= 11 is 0. The van der Waals surface area contributed by atoms with Crippen LogP contribution in [0.1, 0.15) is 29.8 Å². The molecule has 206 valence electrons. The topological polar surface area (TPSA) is 125 Å². The van der Waals surface area contributed by atoms with Crippen LogP contribution in [0.3, 0.4) is 0 Å². The van der Waals surface area contributed by atoms with Gasteiger partial charge in [0.25, 0.3) is 15.9 Å². The lowest BCUT2D eigenvalue weighted by Crippen LogP contribution is -2.54. The van der Waals surface area contributed by atoms with E-state index in [1.54, 1.807) is 51.2 Å². The molecule has 0 fully saturated rings. The third-order valence-corrected chi connectivity index (χ3v) is 7.98. The fourth-order valence-electron chi connectivity index (χ4n) is 4.07.